The molecule has 0 unspecified atom stereocenters. The van der Waals surface area contributed by atoms with Crippen LogP contribution in [0.15, 0.2) is 65.6 Å². The lowest BCUT2D eigenvalue weighted by Gasteiger charge is -2.07. The van der Waals surface area contributed by atoms with E-state index in [0.29, 0.717) is 16.8 Å². The van der Waals surface area contributed by atoms with Gasteiger partial charge in [-0.15, -0.1) is 11.8 Å². The first-order valence-electron chi connectivity index (χ1n) is 8.41. The molecule has 5 nitrogen and oxygen atoms in total. The zero-order valence-electron chi connectivity index (χ0n) is 14.6. The third-order valence-corrected chi connectivity index (χ3v) is 5.46. The maximum absolute atomic E-state index is 12.3. The summed E-state index contributed by atoms with van der Waals surface area (Å²) >= 11 is 1.45. The van der Waals surface area contributed by atoms with Crippen molar-refractivity contribution < 1.29 is 14.4 Å². The molecule has 27 heavy (non-hydrogen) atoms. The highest BCUT2D eigenvalue weighted by atomic mass is 32.2. The first-order valence-corrected chi connectivity index (χ1v) is 9.39. The fourth-order valence-corrected chi connectivity index (χ4v) is 3.79. The Kier molecular flexibility index (Phi) is 4.41. The zero-order valence-corrected chi connectivity index (χ0v) is 15.4. The number of nitrogens with zero attached hydrogens (tertiary/aromatic N) is 1. The van der Waals surface area contributed by atoms with E-state index in [1.165, 1.54) is 18.8 Å². The minimum absolute atomic E-state index is 0.168. The molecule has 3 amide bonds. The van der Waals surface area contributed by atoms with Gasteiger partial charge in [0.1, 0.15) is 0 Å². The average molecular weight is 376 g/mol. The molecule has 1 aliphatic rings. The molecule has 0 radical (unpaired) electrons. The van der Waals surface area contributed by atoms with E-state index in [4.69, 9.17) is 0 Å². The van der Waals surface area contributed by atoms with E-state index in [1.807, 2.05) is 36.4 Å². The highest BCUT2D eigenvalue weighted by Crippen LogP contribution is 2.26. The summed E-state index contributed by atoms with van der Waals surface area (Å²) in [4.78, 5) is 38.3. The highest BCUT2D eigenvalue weighted by Gasteiger charge is 2.32. The van der Waals surface area contributed by atoms with Crippen LogP contribution < -0.4 is 5.32 Å². The van der Waals surface area contributed by atoms with Gasteiger partial charge in [-0.05, 0) is 41.1 Å². The number of carbonyl (C=O) groups is 3. The number of rotatable bonds is 4. The number of fused-ring (bicyclic) bond motifs is 2. The summed E-state index contributed by atoms with van der Waals surface area (Å²) in [5, 5.41) is 5.08. The second kappa shape index (κ2) is 6.89. The largest absolute Gasteiger partial charge is 0.325 e. The summed E-state index contributed by atoms with van der Waals surface area (Å²) in [7, 11) is 1.45. The number of thioether (sulfide) groups is 1. The summed E-state index contributed by atoms with van der Waals surface area (Å²) in [6.45, 7) is 0. The molecule has 6 heteroatoms. The van der Waals surface area contributed by atoms with Crippen molar-refractivity contribution >= 4 is 45.9 Å². The molecule has 0 saturated carbocycles. The van der Waals surface area contributed by atoms with E-state index >= 15 is 0 Å². The molecule has 3 aromatic carbocycles. The molecule has 134 valence electrons. The van der Waals surface area contributed by atoms with Crippen molar-refractivity contribution in [1.29, 1.82) is 0 Å². The van der Waals surface area contributed by atoms with Gasteiger partial charge in [-0.25, -0.2) is 0 Å². The normalized spacial score (nSPS) is 13.1. The Morgan fingerprint density at radius 3 is 2.48 bits per heavy atom. The number of hydrogen-bond donors (Lipinski definition) is 1. The number of imide groups is 1. The lowest BCUT2D eigenvalue weighted by molar-refractivity contribution is -0.113. The predicted molar refractivity (Wildman–Crippen MR) is 106 cm³/mol. The molecule has 1 heterocycles. The van der Waals surface area contributed by atoms with Gasteiger partial charge in [0, 0.05) is 17.6 Å². The van der Waals surface area contributed by atoms with Crippen molar-refractivity contribution in [2.45, 2.75) is 4.90 Å². The summed E-state index contributed by atoms with van der Waals surface area (Å²) < 4.78 is 0. The minimum Gasteiger partial charge on any atom is -0.325 e. The molecule has 0 bridgehead atoms. The Balaban J connectivity index is 1.42. The second-order valence-corrected chi connectivity index (χ2v) is 7.32. The van der Waals surface area contributed by atoms with Crippen LogP contribution in [0.5, 0.6) is 0 Å². The fraction of sp³-hybridized carbons (Fsp3) is 0.0952. The standard InChI is InChI=1S/C21H16N2O3S/c1-23-20(25)17-9-7-15(11-18(17)21(23)26)22-19(24)12-27-16-8-6-13-4-2-3-5-14(13)10-16/h2-11H,12H2,1H3,(H,22,24). The number of hydrogen-bond acceptors (Lipinski definition) is 4. The minimum atomic E-state index is -0.350. The van der Waals surface area contributed by atoms with Crippen LogP contribution >= 0.6 is 11.8 Å². The van der Waals surface area contributed by atoms with E-state index in [0.717, 1.165) is 20.6 Å². The van der Waals surface area contributed by atoms with Crippen molar-refractivity contribution in [3.8, 4) is 0 Å². The van der Waals surface area contributed by atoms with E-state index in [1.54, 1.807) is 18.2 Å². The van der Waals surface area contributed by atoms with Crippen LogP contribution in [-0.2, 0) is 4.79 Å². The Morgan fingerprint density at radius 1 is 0.926 bits per heavy atom. The molecule has 0 aromatic heterocycles. The highest BCUT2D eigenvalue weighted by molar-refractivity contribution is 8.00. The summed E-state index contributed by atoms with van der Waals surface area (Å²) in [5.41, 5.74) is 1.20. The second-order valence-electron chi connectivity index (χ2n) is 6.28. The molecule has 1 aliphatic heterocycles. The van der Waals surface area contributed by atoms with Gasteiger partial charge in [0.25, 0.3) is 11.8 Å². The van der Waals surface area contributed by atoms with Crippen molar-refractivity contribution in [2.75, 3.05) is 18.1 Å². The van der Waals surface area contributed by atoms with Crippen molar-refractivity contribution in [3.05, 3.63) is 71.8 Å². The quantitative estimate of drug-likeness (QED) is 0.556. The molecular formula is C21H16N2O3S. The van der Waals surface area contributed by atoms with E-state index in [-0.39, 0.29) is 23.5 Å². The smallest absolute Gasteiger partial charge is 0.261 e. The number of amides is 3. The van der Waals surface area contributed by atoms with Gasteiger partial charge >= 0.3 is 0 Å². The molecule has 0 fully saturated rings. The molecule has 3 aromatic rings. The van der Waals surface area contributed by atoms with Gasteiger partial charge in [-0.1, -0.05) is 30.3 Å². The van der Waals surface area contributed by atoms with Crippen molar-refractivity contribution in [1.82, 2.24) is 4.90 Å². The number of carbonyl (C=O) groups excluding carboxylic acids is 3. The van der Waals surface area contributed by atoms with Crippen LogP contribution in [0.4, 0.5) is 5.69 Å². The molecular weight excluding hydrogens is 360 g/mol. The molecule has 1 N–H and O–H groups in total. The van der Waals surface area contributed by atoms with Gasteiger partial charge in [0.05, 0.1) is 16.9 Å². The summed E-state index contributed by atoms with van der Waals surface area (Å²) in [6.07, 6.45) is 0. The maximum atomic E-state index is 12.3. The zero-order chi connectivity index (χ0) is 19.0. The number of nitrogens with one attached hydrogen (secondary N) is 1. The van der Waals surface area contributed by atoms with Gasteiger partial charge in [-0.2, -0.15) is 0 Å². The van der Waals surface area contributed by atoms with Crippen molar-refractivity contribution in [2.24, 2.45) is 0 Å². The Morgan fingerprint density at radius 2 is 1.67 bits per heavy atom. The van der Waals surface area contributed by atoms with Crippen LogP contribution in [0.1, 0.15) is 20.7 Å². The van der Waals surface area contributed by atoms with Gasteiger partial charge in [-0.3, -0.25) is 19.3 Å². The third kappa shape index (κ3) is 3.31. The average Bonchev–Trinajstić information content (AvgIpc) is 2.90. The fourth-order valence-electron chi connectivity index (χ4n) is 3.04. The number of benzene rings is 3. The predicted octanol–water partition coefficient (Wildman–Crippen LogP) is 3.80. The van der Waals surface area contributed by atoms with E-state index in [9.17, 15) is 14.4 Å². The lowest BCUT2D eigenvalue weighted by Crippen LogP contribution is -2.24. The van der Waals surface area contributed by atoms with Crippen LogP contribution in [0, 0.1) is 0 Å². The molecule has 4 rings (SSSR count). The Bertz CT molecular complexity index is 1090. The SMILES string of the molecule is CN1C(=O)c2ccc(NC(=O)CSc3ccc4ccccc4c3)cc2C1=O. The molecule has 0 spiro atoms. The Labute approximate surface area is 160 Å². The molecule has 0 aliphatic carbocycles. The Hall–Kier alpha value is -3.12. The van der Waals surface area contributed by atoms with Gasteiger partial charge in [0.2, 0.25) is 5.91 Å². The summed E-state index contributed by atoms with van der Waals surface area (Å²) in [6, 6.07) is 18.9. The molecule has 0 atom stereocenters. The maximum Gasteiger partial charge on any atom is 0.261 e. The van der Waals surface area contributed by atoms with Gasteiger partial charge in [0.15, 0.2) is 0 Å². The molecule has 0 saturated heterocycles. The van der Waals surface area contributed by atoms with Crippen molar-refractivity contribution in [3.63, 3.8) is 0 Å². The topological polar surface area (TPSA) is 66.5 Å². The van der Waals surface area contributed by atoms with Crippen LogP contribution in [0.3, 0.4) is 0 Å². The lowest BCUT2D eigenvalue weighted by atomic mass is 10.1. The van der Waals surface area contributed by atoms with E-state index in [2.05, 4.69) is 11.4 Å². The first-order chi connectivity index (χ1) is 13.0. The monoisotopic (exact) mass is 376 g/mol. The van der Waals surface area contributed by atoms with Crippen LogP contribution in [-0.4, -0.2) is 35.4 Å². The van der Waals surface area contributed by atoms with E-state index < -0.39 is 0 Å². The summed E-state index contributed by atoms with van der Waals surface area (Å²) in [5.74, 6) is -0.586. The number of anilines is 1. The van der Waals surface area contributed by atoms with Gasteiger partial charge < -0.3 is 5.32 Å². The first kappa shape index (κ1) is 17.3. The van der Waals surface area contributed by atoms with Crippen LogP contribution in [0.25, 0.3) is 10.8 Å². The van der Waals surface area contributed by atoms with Crippen LogP contribution in [0.2, 0.25) is 0 Å². The third-order valence-electron chi connectivity index (χ3n) is 4.46.